The first kappa shape index (κ1) is 13.3. The Morgan fingerprint density at radius 3 is 2.71 bits per heavy atom. The molecule has 1 aliphatic rings. The van der Waals surface area contributed by atoms with Crippen molar-refractivity contribution in [1.29, 1.82) is 0 Å². The molecule has 2 unspecified atom stereocenters. The fourth-order valence-electron chi connectivity index (χ4n) is 1.91. The molecule has 0 aromatic carbocycles. The highest BCUT2D eigenvalue weighted by Gasteiger charge is 2.50. The summed E-state index contributed by atoms with van der Waals surface area (Å²) >= 11 is 0. The minimum absolute atomic E-state index is 0.00389. The van der Waals surface area contributed by atoms with Crippen LogP contribution in [0.25, 0.3) is 0 Å². The SMILES string of the molecule is COC(=O)CC1C=C(C)C(C)([N+](=O)[O-])C(=O)C1. The first-order chi connectivity index (χ1) is 7.82. The second-order valence-corrected chi connectivity index (χ2v) is 4.35. The van der Waals surface area contributed by atoms with E-state index < -0.39 is 22.2 Å². The summed E-state index contributed by atoms with van der Waals surface area (Å²) in [6.07, 6.45) is 1.71. The summed E-state index contributed by atoms with van der Waals surface area (Å²) in [6, 6.07) is 0. The number of carbonyl (C=O) groups excluding carboxylic acids is 2. The number of rotatable bonds is 3. The number of nitrogens with zero attached hydrogens (tertiary/aromatic N) is 1. The van der Waals surface area contributed by atoms with Crippen molar-refractivity contribution in [1.82, 2.24) is 0 Å². The van der Waals surface area contributed by atoms with E-state index in [0.717, 1.165) is 0 Å². The van der Waals surface area contributed by atoms with Crippen LogP contribution in [-0.4, -0.2) is 29.3 Å². The third-order valence-corrected chi connectivity index (χ3v) is 3.27. The van der Waals surface area contributed by atoms with Gasteiger partial charge in [-0.15, -0.1) is 0 Å². The van der Waals surface area contributed by atoms with E-state index in [4.69, 9.17) is 0 Å². The molecule has 0 amide bonds. The van der Waals surface area contributed by atoms with E-state index in [1.807, 2.05) is 0 Å². The molecule has 0 saturated carbocycles. The molecule has 0 aliphatic heterocycles. The van der Waals surface area contributed by atoms with Crippen LogP contribution in [0.4, 0.5) is 0 Å². The van der Waals surface area contributed by atoms with Crippen LogP contribution < -0.4 is 0 Å². The van der Waals surface area contributed by atoms with Gasteiger partial charge in [0.25, 0.3) is 5.54 Å². The van der Waals surface area contributed by atoms with Gasteiger partial charge in [-0.1, -0.05) is 6.08 Å². The van der Waals surface area contributed by atoms with E-state index in [-0.39, 0.29) is 18.8 Å². The van der Waals surface area contributed by atoms with E-state index in [1.165, 1.54) is 14.0 Å². The Morgan fingerprint density at radius 1 is 1.71 bits per heavy atom. The van der Waals surface area contributed by atoms with E-state index >= 15 is 0 Å². The Hall–Kier alpha value is -1.72. The highest BCUT2D eigenvalue weighted by atomic mass is 16.6. The summed E-state index contributed by atoms with van der Waals surface area (Å²) in [7, 11) is 1.27. The first-order valence-corrected chi connectivity index (χ1v) is 5.25. The van der Waals surface area contributed by atoms with E-state index in [1.54, 1.807) is 13.0 Å². The summed E-state index contributed by atoms with van der Waals surface area (Å²) in [5.41, 5.74) is -1.26. The number of nitro groups is 1. The van der Waals surface area contributed by atoms with Crippen LogP contribution in [0.1, 0.15) is 26.7 Å². The van der Waals surface area contributed by atoms with Crippen LogP contribution in [0.15, 0.2) is 11.6 Å². The van der Waals surface area contributed by atoms with Crippen LogP contribution in [-0.2, 0) is 14.3 Å². The molecule has 0 bridgehead atoms. The topological polar surface area (TPSA) is 86.5 Å². The number of allylic oxidation sites excluding steroid dienone is 1. The minimum atomic E-state index is -1.65. The second-order valence-electron chi connectivity index (χ2n) is 4.35. The predicted octanol–water partition coefficient (Wildman–Crippen LogP) is 1.12. The molecule has 2 atom stereocenters. The molecule has 0 aromatic rings. The third kappa shape index (κ3) is 2.35. The van der Waals surface area contributed by atoms with Crippen LogP contribution in [0, 0.1) is 16.0 Å². The van der Waals surface area contributed by atoms with Crippen molar-refractivity contribution in [3.63, 3.8) is 0 Å². The summed E-state index contributed by atoms with van der Waals surface area (Å²) in [6.45, 7) is 2.85. The first-order valence-electron chi connectivity index (χ1n) is 5.25. The van der Waals surface area contributed by atoms with Gasteiger partial charge >= 0.3 is 5.97 Å². The molecule has 6 heteroatoms. The largest absolute Gasteiger partial charge is 0.469 e. The van der Waals surface area contributed by atoms with Crippen molar-refractivity contribution < 1.29 is 19.2 Å². The number of hydrogen-bond donors (Lipinski definition) is 0. The van der Waals surface area contributed by atoms with Gasteiger partial charge in [0.2, 0.25) is 5.78 Å². The Labute approximate surface area is 98.8 Å². The van der Waals surface area contributed by atoms with E-state index in [2.05, 4.69) is 4.74 Å². The van der Waals surface area contributed by atoms with Crippen LogP contribution >= 0.6 is 0 Å². The molecule has 6 nitrogen and oxygen atoms in total. The zero-order chi connectivity index (χ0) is 13.2. The lowest BCUT2D eigenvalue weighted by Crippen LogP contribution is -2.47. The average molecular weight is 241 g/mol. The molecule has 0 heterocycles. The molecule has 0 radical (unpaired) electrons. The van der Waals surface area contributed by atoms with Gasteiger partial charge in [-0.3, -0.25) is 19.7 Å². The van der Waals surface area contributed by atoms with Gasteiger partial charge < -0.3 is 4.74 Å². The quantitative estimate of drug-likeness (QED) is 0.320. The van der Waals surface area contributed by atoms with Crippen LogP contribution in [0.3, 0.4) is 0 Å². The zero-order valence-corrected chi connectivity index (χ0v) is 10.1. The number of ether oxygens (including phenoxy) is 1. The van der Waals surface area contributed by atoms with Crippen molar-refractivity contribution in [2.75, 3.05) is 7.11 Å². The average Bonchev–Trinajstić information content (AvgIpc) is 2.25. The second kappa shape index (κ2) is 4.65. The van der Waals surface area contributed by atoms with Gasteiger partial charge in [-0.2, -0.15) is 0 Å². The Kier molecular flexibility index (Phi) is 3.65. The number of Topliss-reactive ketones (excluding diaryl/α,β-unsaturated/α-hetero) is 1. The molecule has 0 fully saturated rings. The number of methoxy groups -OCH3 is 1. The fraction of sp³-hybridized carbons (Fsp3) is 0.636. The minimum Gasteiger partial charge on any atom is -0.469 e. The van der Waals surface area contributed by atoms with Gasteiger partial charge in [-0.05, 0) is 12.8 Å². The fourth-order valence-corrected chi connectivity index (χ4v) is 1.91. The van der Waals surface area contributed by atoms with Crippen molar-refractivity contribution in [3.8, 4) is 0 Å². The zero-order valence-electron chi connectivity index (χ0n) is 10.1. The highest BCUT2D eigenvalue weighted by Crippen LogP contribution is 2.32. The van der Waals surface area contributed by atoms with Crippen molar-refractivity contribution >= 4 is 11.8 Å². The van der Waals surface area contributed by atoms with Gasteiger partial charge in [0.15, 0.2) is 0 Å². The maximum absolute atomic E-state index is 11.8. The van der Waals surface area contributed by atoms with Crippen molar-refractivity contribution in [3.05, 3.63) is 21.8 Å². The summed E-state index contributed by atoms with van der Waals surface area (Å²) in [5, 5.41) is 10.9. The maximum Gasteiger partial charge on any atom is 0.306 e. The number of carbonyl (C=O) groups is 2. The molecular weight excluding hydrogens is 226 g/mol. The lowest BCUT2D eigenvalue weighted by atomic mass is 9.76. The molecule has 0 N–H and O–H groups in total. The summed E-state index contributed by atoms with van der Waals surface area (Å²) < 4.78 is 4.51. The summed E-state index contributed by atoms with van der Waals surface area (Å²) in [5.74, 6) is -1.18. The summed E-state index contributed by atoms with van der Waals surface area (Å²) in [4.78, 5) is 33.3. The standard InChI is InChI=1S/C11H15NO5/c1-7-4-8(6-10(14)17-3)5-9(13)11(7,2)12(15)16/h4,8H,5-6H2,1-3H3. The van der Waals surface area contributed by atoms with Gasteiger partial charge in [0, 0.05) is 23.8 Å². The monoisotopic (exact) mass is 241 g/mol. The number of esters is 1. The lowest BCUT2D eigenvalue weighted by Gasteiger charge is -2.27. The van der Waals surface area contributed by atoms with E-state index in [9.17, 15) is 19.7 Å². The molecule has 1 aliphatic carbocycles. The molecule has 0 aromatic heterocycles. The number of hydrogen-bond acceptors (Lipinski definition) is 5. The Balaban J connectivity index is 2.95. The van der Waals surface area contributed by atoms with Crippen molar-refractivity contribution in [2.24, 2.45) is 5.92 Å². The van der Waals surface area contributed by atoms with Gasteiger partial charge in [-0.25, -0.2) is 0 Å². The molecule has 17 heavy (non-hydrogen) atoms. The molecular formula is C11H15NO5. The highest BCUT2D eigenvalue weighted by molar-refractivity contribution is 5.91. The third-order valence-electron chi connectivity index (χ3n) is 3.27. The molecule has 0 spiro atoms. The van der Waals surface area contributed by atoms with Crippen LogP contribution in [0.2, 0.25) is 0 Å². The van der Waals surface area contributed by atoms with Crippen molar-refractivity contribution in [2.45, 2.75) is 32.2 Å². The smallest absolute Gasteiger partial charge is 0.306 e. The van der Waals surface area contributed by atoms with Gasteiger partial charge in [0.05, 0.1) is 13.5 Å². The maximum atomic E-state index is 11.8. The predicted molar refractivity (Wildman–Crippen MR) is 58.9 cm³/mol. The Bertz CT molecular complexity index is 401. The molecule has 1 rings (SSSR count). The molecule has 0 saturated heterocycles. The number of ketones is 1. The molecule has 94 valence electrons. The lowest BCUT2D eigenvalue weighted by molar-refractivity contribution is -0.536. The van der Waals surface area contributed by atoms with E-state index in [0.29, 0.717) is 5.57 Å². The van der Waals surface area contributed by atoms with Gasteiger partial charge in [0.1, 0.15) is 0 Å². The normalized spacial score (nSPS) is 28.5. The van der Waals surface area contributed by atoms with Crippen LogP contribution in [0.5, 0.6) is 0 Å². The Morgan fingerprint density at radius 2 is 2.29 bits per heavy atom.